The van der Waals surface area contributed by atoms with Gasteiger partial charge < -0.3 is 15.2 Å². The van der Waals surface area contributed by atoms with Crippen LogP contribution in [0.15, 0.2) is 24.3 Å². The van der Waals surface area contributed by atoms with Gasteiger partial charge in [0.15, 0.2) is 0 Å². The minimum atomic E-state index is -1.05. The molecule has 0 aliphatic carbocycles. The summed E-state index contributed by atoms with van der Waals surface area (Å²) < 4.78 is 5.13. The van der Waals surface area contributed by atoms with Gasteiger partial charge in [-0.05, 0) is 50.1 Å². The largest absolute Gasteiger partial charge is 0.478 e. The Bertz CT molecular complexity index is 561. The fraction of sp³-hybridized carbons (Fsp3) is 0.333. The predicted octanol–water partition coefficient (Wildman–Crippen LogP) is 3.46. The monoisotopic (exact) mass is 311 g/mol. The van der Waals surface area contributed by atoms with Crippen molar-refractivity contribution in [1.29, 1.82) is 0 Å². The van der Waals surface area contributed by atoms with E-state index in [0.29, 0.717) is 10.6 Å². The molecule has 6 heteroatoms. The fourth-order valence-electron chi connectivity index (χ4n) is 1.52. The molecular weight excluding hydrogens is 294 g/mol. The summed E-state index contributed by atoms with van der Waals surface area (Å²) in [6.07, 6.45) is 1.91. The van der Waals surface area contributed by atoms with Crippen LogP contribution < -0.4 is 5.32 Å². The van der Waals surface area contributed by atoms with Crippen LogP contribution in [0.3, 0.4) is 0 Å². The lowest BCUT2D eigenvalue weighted by atomic mass is 10.1. The van der Waals surface area contributed by atoms with Crippen LogP contribution in [0.2, 0.25) is 5.02 Å². The summed E-state index contributed by atoms with van der Waals surface area (Å²) in [5.74, 6) is -1.05. The molecule has 0 saturated carbocycles. The van der Waals surface area contributed by atoms with Gasteiger partial charge in [-0.1, -0.05) is 17.7 Å². The van der Waals surface area contributed by atoms with Gasteiger partial charge >= 0.3 is 12.1 Å². The van der Waals surface area contributed by atoms with E-state index < -0.39 is 17.7 Å². The smallest absolute Gasteiger partial charge is 0.407 e. The number of alkyl carbamates (subject to hydrolysis) is 1. The van der Waals surface area contributed by atoms with E-state index in [9.17, 15) is 9.59 Å². The normalized spacial score (nSPS) is 11.4. The molecule has 0 aromatic heterocycles. The number of carbonyl (C=O) groups is 2. The van der Waals surface area contributed by atoms with E-state index in [-0.39, 0.29) is 6.54 Å². The number of ether oxygens (including phenoxy) is 1. The molecule has 2 N–H and O–H groups in total. The molecule has 1 rings (SSSR count). The van der Waals surface area contributed by atoms with Gasteiger partial charge in [0.2, 0.25) is 0 Å². The summed E-state index contributed by atoms with van der Waals surface area (Å²) in [5.41, 5.74) is 0.791. The number of carbonyl (C=O) groups excluding carboxylic acids is 1. The summed E-state index contributed by atoms with van der Waals surface area (Å²) >= 11 is 5.89. The lowest BCUT2D eigenvalue weighted by molar-refractivity contribution is -0.131. The van der Waals surface area contributed by atoms with Gasteiger partial charge in [-0.3, -0.25) is 0 Å². The van der Waals surface area contributed by atoms with Crippen molar-refractivity contribution in [2.45, 2.75) is 32.9 Å². The predicted molar refractivity (Wildman–Crippen MR) is 81.2 cm³/mol. The molecule has 0 atom stereocenters. The fourth-order valence-corrected chi connectivity index (χ4v) is 1.71. The minimum Gasteiger partial charge on any atom is -0.478 e. The third-order valence-electron chi connectivity index (χ3n) is 2.34. The van der Waals surface area contributed by atoms with Crippen molar-refractivity contribution >= 4 is 29.7 Å². The Morgan fingerprint density at radius 2 is 2.05 bits per heavy atom. The van der Waals surface area contributed by atoms with Crippen molar-refractivity contribution in [2.75, 3.05) is 0 Å². The highest BCUT2D eigenvalue weighted by atomic mass is 35.5. The SMILES string of the molecule is CC(C)(C)OC(=O)NCc1ccc(Cl)cc1/C=C/C(=O)O. The molecule has 0 saturated heterocycles. The van der Waals surface area contributed by atoms with Gasteiger partial charge in [-0.15, -0.1) is 0 Å². The van der Waals surface area contributed by atoms with E-state index in [0.717, 1.165) is 11.6 Å². The number of aliphatic carboxylic acids is 1. The van der Waals surface area contributed by atoms with E-state index in [1.807, 2.05) is 0 Å². The lowest BCUT2D eigenvalue weighted by Gasteiger charge is -2.20. The van der Waals surface area contributed by atoms with E-state index in [1.165, 1.54) is 6.08 Å². The second-order valence-electron chi connectivity index (χ2n) is 5.37. The average molecular weight is 312 g/mol. The van der Waals surface area contributed by atoms with Crippen molar-refractivity contribution < 1.29 is 19.4 Å². The third kappa shape index (κ3) is 6.81. The second kappa shape index (κ2) is 7.13. The van der Waals surface area contributed by atoms with Crippen LogP contribution in [0.5, 0.6) is 0 Å². The van der Waals surface area contributed by atoms with Crippen molar-refractivity contribution in [3.63, 3.8) is 0 Å². The van der Waals surface area contributed by atoms with Gasteiger partial charge in [0.25, 0.3) is 0 Å². The maximum absolute atomic E-state index is 11.6. The van der Waals surface area contributed by atoms with Gasteiger partial charge in [-0.25, -0.2) is 9.59 Å². The molecule has 0 aliphatic rings. The molecule has 0 heterocycles. The topological polar surface area (TPSA) is 75.6 Å². The van der Waals surface area contributed by atoms with Gasteiger partial charge in [-0.2, -0.15) is 0 Å². The van der Waals surface area contributed by atoms with Crippen molar-refractivity contribution in [2.24, 2.45) is 0 Å². The first-order valence-corrected chi connectivity index (χ1v) is 6.71. The lowest BCUT2D eigenvalue weighted by Crippen LogP contribution is -2.32. The number of amides is 1. The zero-order chi connectivity index (χ0) is 16.0. The molecule has 21 heavy (non-hydrogen) atoms. The number of carboxylic acids is 1. The highest BCUT2D eigenvalue weighted by molar-refractivity contribution is 6.30. The Hall–Kier alpha value is -2.01. The molecule has 0 spiro atoms. The molecule has 0 unspecified atom stereocenters. The Balaban J connectivity index is 2.79. The minimum absolute atomic E-state index is 0.214. The summed E-state index contributed by atoms with van der Waals surface area (Å²) in [6, 6.07) is 5.03. The molecule has 0 bridgehead atoms. The van der Waals surface area contributed by atoms with Crippen LogP contribution in [-0.4, -0.2) is 22.8 Å². The van der Waals surface area contributed by atoms with Crippen LogP contribution in [0, 0.1) is 0 Å². The first-order chi connectivity index (χ1) is 9.67. The standard InChI is InChI=1S/C15H18ClNO4/c1-15(2,3)21-14(20)17-9-11-4-6-12(16)8-10(11)5-7-13(18)19/h4-8H,9H2,1-3H3,(H,17,20)(H,18,19)/b7-5+. The number of hydrogen-bond donors (Lipinski definition) is 2. The number of halogens is 1. The summed E-state index contributed by atoms with van der Waals surface area (Å²) in [5, 5.41) is 11.8. The molecule has 0 radical (unpaired) electrons. The van der Waals surface area contributed by atoms with E-state index in [4.69, 9.17) is 21.4 Å². The zero-order valence-electron chi connectivity index (χ0n) is 12.1. The van der Waals surface area contributed by atoms with E-state index in [1.54, 1.807) is 39.0 Å². The third-order valence-corrected chi connectivity index (χ3v) is 2.57. The van der Waals surface area contributed by atoms with Crippen LogP contribution in [0.1, 0.15) is 31.9 Å². The first kappa shape index (κ1) is 17.0. The number of nitrogens with one attached hydrogen (secondary N) is 1. The van der Waals surface area contributed by atoms with Crippen LogP contribution in [0.25, 0.3) is 6.08 Å². The molecule has 0 aliphatic heterocycles. The zero-order valence-corrected chi connectivity index (χ0v) is 12.9. The molecule has 1 aromatic carbocycles. The quantitative estimate of drug-likeness (QED) is 0.835. The Labute approximate surface area is 128 Å². The second-order valence-corrected chi connectivity index (χ2v) is 5.81. The molecule has 0 fully saturated rings. The molecule has 1 amide bonds. The highest BCUT2D eigenvalue weighted by Gasteiger charge is 2.16. The van der Waals surface area contributed by atoms with Crippen LogP contribution >= 0.6 is 11.6 Å². The van der Waals surface area contributed by atoms with Crippen LogP contribution in [0.4, 0.5) is 4.79 Å². The number of rotatable bonds is 4. The summed E-state index contributed by atoms with van der Waals surface area (Å²) in [7, 11) is 0. The maximum atomic E-state index is 11.6. The van der Waals surface area contributed by atoms with Gasteiger partial charge in [0.05, 0.1) is 0 Å². The molecular formula is C15H18ClNO4. The van der Waals surface area contributed by atoms with Crippen molar-refractivity contribution in [1.82, 2.24) is 5.32 Å². The van der Waals surface area contributed by atoms with Gasteiger partial charge in [0.1, 0.15) is 5.60 Å². The van der Waals surface area contributed by atoms with E-state index >= 15 is 0 Å². The van der Waals surface area contributed by atoms with Gasteiger partial charge in [0, 0.05) is 17.6 Å². The van der Waals surface area contributed by atoms with E-state index in [2.05, 4.69) is 5.32 Å². The number of hydrogen-bond acceptors (Lipinski definition) is 3. The molecule has 114 valence electrons. The summed E-state index contributed by atoms with van der Waals surface area (Å²) in [4.78, 5) is 22.2. The Morgan fingerprint density at radius 1 is 1.38 bits per heavy atom. The Morgan fingerprint density at radius 3 is 2.62 bits per heavy atom. The summed E-state index contributed by atoms with van der Waals surface area (Å²) in [6.45, 7) is 5.53. The molecule has 1 aromatic rings. The first-order valence-electron chi connectivity index (χ1n) is 6.33. The Kier molecular flexibility index (Phi) is 5.79. The number of benzene rings is 1. The van der Waals surface area contributed by atoms with Crippen molar-refractivity contribution in [3.05, 3.63) is 40.4 Å². The average Bonchev–Trinajstić information content (AvgIpc) is 2.33. The van der Waals surface area contributed by atoms with Crippen LogP contribution in [-0.2, 0) is 16.1 Å². The maximum Gasteiger partial charge on any atom is 0.407 e. The van der Waals surface area contributed by atoms with Crippen molar-refractivity contribution in [3.8, 4) is 0 Å². The number of carboxylic acid groups (broad SMARTS) is 1. The molecule has 5 nitrogen and oxygen atoms in total. The highest BCUT2D eigenvalue weighted by Crippen LogP contribution is 2.18.